The van der Waals surface area contributed by atoms with E-state index in [1.165, 1.54) is 36.2 Å². The number of ether oxygens (including phenoxy) is 1. The molecule has 3 rings (SSSR count). The molecule has 0 fully saturated rings. The maximum absolute atomic E-state index is 5.54. The van der Waals surface area contributed by atoms with E-state index in [4.69, 9.17) is 9.72 Å². The standard InChI is InChI=1S/C26H40N4O/c1-21(28-24-11-5-4-6-12-24)16-19-30(20-22(2)31-3)18-8-7-13-25-15-14-23-10-9-17-27-26(23)29-25/h4-6,11-12,14-15,21-22,28H,7-10,13,16-20H2,1-3H3,(H,27,29)/t21?,22-/m1/s1. The molecule has 0 amide bonds. The van der Waals surface area contributed by atoms with E-state index in [1.54, 1.807) is 7.11 Å². The average Bonchev–Trinajstić information content (AvgIpc) is 2.80. The fourth-order valence-corrected chi connectivity index (χ4v) is 4.15. The minimum absolute atomic E-state index is 0.255. The Balaban J connectivity index is 1.42. The minimum Gasteiger partial charge on any atom is -0.383 e. The number of benzene rings is 1. The number of nitrogens with zero attached hydrogens (tertiary/aromatic N) is 2. The van der Waals surface area contributed by atoms with Crippen LogP contribution in [0.5, 0.6) is 0 Å². The zero-order chi connectivity index (χ0) is 21.9. The third-order valence-corrected chi connectivity index (χ3v) is 6.09. The lowest BCUT2D eigenvalue weighted by molar-refractivity contribution is 0.0755. The highest BCUT2D eigenvalue weighted by Gasteiger charge is 2.13. The second-order valence-electron chi connectivity index (χ2n) is 8.84. The Labute approximate surface area is 188 Å². The summed E-state index contributed by atoms with van der Waals surface area (Å²) in [5.41, 5.74) is 3.78. The number of hydrogen-bond acceptors (Lipinski definition) is 5. The van der Waals surface area contributed by atoms with Crippen molar-refractivity contribution in [3.63, 3.8) is 0 Å². The molecule has 1 unspecified atom stereocenters. The number of nitrogens with one attached hydrogen (secondary N) is 2. The Kier molecular flexibility index (Phi) is 9.63. The van der Waals surface area contributed by atoms with Crippen LogP contribution in [0.3, 0.4) is 0 Å². The van der Waals surface area contributed by atoms with E-state index in [9.17, 15) is 0 Å². The monoisotopic (exact) mass is 424 g/mol. The van der Waals surface area contributed by atoms with Crippen molar-refractivity contribution < 1.29 is 4.74 Å². The van der Waals surface area contributed by atoms with E-state index < -0.39 is 0 Å². The average molecular weight is 425 g/mol. The van der Waals surface area contributed by atoms with Gasteiger partial charge in [-0.05, 0) is 82.7 Å². The summed E-state index contributed by atoms with van der Waals surface area (Å²) >= 11 is 0. The number of fused-ring (bicyclic) bond motifs is 1. The molecule has 0 bridgehead atoms. The van der Waals surface area contributed by atoms with Gasteiger partial charge in [-0.2, -0.15) is 0 Å². The summed E-state index contributed by atoms with van der Waals surface area (Å²) in [5.74, 6) is 1.11. The summed E-state index contributed by atoms with van der Waals surface area (Å²) in [7, 11) is 1.80. The van der Waals surface area contributed by atoms with Gasteiger partial charge >= 0.3 is 0 Å². The summed E-state index contributed by atoms with van der Waals surface area (Å²) in [4.78, 5) is 7.39. The third-order valence-electron chi connectivity index (χ3n) is 6.09. The molecule has 5 heteroatoms. The fraction of sp³-hybridized carbons (Fsp3) is 0.577. The Hall–Kier alpha value is -2.11. The number of hydrogen-bond donors (Lipinski definition) is 2. The molecule has 0 aliphatic carbocycles. The molecule has 0 radical (unpaired) electrons. The van der Waals surface area contributed by atoms with Gasteiger partial charge in [-0.1, -0.05) is 24.3 Å². The van der Waals surface area contributed by atoms with Crippen LogP contribution >= 0.6 is 0 Å². The van der Waals surface area contributed by atoms with Gasteiger partial charge in [0.15, 0.2) is 0 Å². The van der Waals surface area contributed by atoms with Crippen LogP contribution in [0.4, 0.5) is 11.5 Å². The molecule has 1 aromatic heterocycles. The van der Waals surface area contributed by atoms with E-state index in [1.807, 2.05) is 0 Å². The van der Waals surface area contributed by atoms with E-state index in [2.05, 4.69) is 71.8 Å². The molecule has 0 spiro atoms. The van der Waals surface area contributed by atoms with Crippen LogP contribution in [0.15, 0.2) is 42.5 Å². The molecule has 170 valence electrons. The Bertz CT molecular complexity index is 767. The first-order chi connectivity index (χ1) is 15.1. The molecule has 1 aliphatic rings. The second kappa shape index (κ2) is 12.7. The van der Waals surface area contributed by atoms with Crippen LogP contribution in [0.1, 0.15) is 50.8 Å². The third kappa shape index (κ3) is 8.15. The molecule has 2 heterocycles. The topological polar surface area (TPSA) is 49.4 Å². The molecule has 31 heavy (non-hydrogen) atoms. The van der Waals surface area contributed by atoms with Crippen LogP contribution < -0.4 is 10.6 Å². The Morgan fingerprint density at radius 1 is 1.10 bits per heavy atom. The van der Waals surface area contributed by atoms with Crippen LogP contribution in [0, 0.1) is 0 Å². The molecular formula is C26H40N4O. The highest BCUT2D eigenvalue weighted by molar-refractivity contribution is 5.47. The van der Waals surface area contributed by atoms with Gasteiger partial charge in [-0.15, -0.1) is 0 Å². The van der Waals surface area contributed by atoms with Gasteiger partial charge in [0.1, 0.15) is 5.82 Å². The highest BCUT2D eigenvalue weighted by Crippen LogP contribution is 2.20. The van der Waals surface area contributed by atoms with Gasteiger partial charge in [-0.25, -0.2) is 4.98 Å². The first-order valence-electron chi connectivity index (χ1n) is 11.9. The normalized spacial score (nSPS) is 15.2. The van der Waals surface area contributed by atoms with Crippen LogP contribution in [0.25, 0.3) is 0 Å². The lowest BCUT2D eigenvalue weighted by Crippen LogP contribution is -2.35. The zero-order valence-electron chi connectivity index (χ0n) is 19.6. The van der Waals surface area contributed by atoms with Crippen molar-refractivity contribution in [2.45, 2.75) is 64.5 Å². The molecule has 1 aromatic carbocycles. The molecule has 2 N–H and O–H groups in total. The summed E-state index contributed by atoms with van der Waals surface area (Å²) in [5, 5.41) is 7.05. The van der Waals surface area contributed by atoms with Crippen molar-refractivity contribution in [1.29, 1.82) is 0 Å². The quantitative estimate of drug-likeness (QED) is 0.444. The van der Waals surface area contributed by atoms with E-state index in [0.29, 0.717) is 6.04 Å². The number of unbranched alkanes of at least 4 members (excludes halogenated alkanes) is 1. The maximum Gasteiger partial charge on any atom is 0.129 e. The van der Waals surface area contributed by atoms with Crippen molar-refractivity contribution in [3.8, 4) is 0 Å². The van der Waals surface area contributed by atoms with Gasteiger partial charge in [0.2, 0.25) is 0 Å². The molecule has 0 saturated heterocycles. The minimum atomic E-state index is 0.255. The predicted octanol–water partition coefficient (Wildman–Crippen LogP) is 4.99. The largest absolute Gasteiger partial charge is 0.383 e. The number of aromatic nitrogens is 1. The molecular weight excluding hydrogens is 384 g/mol. The number of para-hydroxylation sites is 1. The van der Waals surface area contributed by atoms with Gasteiger partial charge in [0.25, 0.3) is 0 Å². The van der Waals surface area contributed by atoms with Crippen molar-refractivity contribution >= 4 is 11.5 Å². The number of methoxy groups -OCH3 is 1. The SMILES string of the molecule is CO[C@H](C)CN(CCCCc1ccc2c(n1)NCCC2)CCC(C)Nc1ccccc1. The predicted molar refractivity (Wildman–Crippen MR) is 131 cm³/mol. The van der Waals surface area contributed by atoms with Crippen LogP contribution in [0.2, 0.25) is 0 Å². The smallest absolute Gasteiger partial charge is 0.129 e. The molecule has 2 atom stereocenters. The van der Waals surface area contributed by atoms with E-state index in [-0.39, 0.29) is 6.10 Å². The van der Waals surface area contributed by atoms with Crippen molar-refractivity contribution in [2.24, 2.45) is 0 Å². The summed E-state index contributed by atoms with van der Waals surface area (Å²) in [6.45, 7) is 8.64. The first kappa shape index (κ1) is 23.6. The highest BCUT2D eigenvalue weighted by atomic mass is 16.5. The zero-order valence-corrected chi connectivity index (χ0v) is 19.6. The Morgan fingerprint density at radius 3 is 2.74 bits per heavy atom. The van der Waals surface area contributed by atoms with E-state index in [0.717, 1.165) is 51.3 Å². The van der Waals surface area contributed by atoms with Gasteiger partial charge in [0, 0.05) is 44.2 Å². The number of rotatable bonds is 13. The Morgan fingerprint density at radius 2 is 1.94 bits per heavy atom. The lowest BCUT2D eigenvalue weighted by Gasteiger charge is -2.27. The first-order valence-corrected chi connectivity index (χ1v) is 11.9. The summed E-state index contributed by atoms with van der Waals surface area (Å²) < 4.78 is 5.54. The molecule has 5 nitrogen and oxygen atoms in total. The lowest BCUT2D eigenvalue weighted by atomic mass is 10.1. The van der Waals surface area contributed by atoms with Crippen molar-refractivity contribution in [3.05, 3.63) is 53.7 Å². The number of anilines is 2. The fourth-order valence-electron chi connectivity index (χ4n) is 4.15. The van der Waals surface area contributed by atoms with Crippen molar-refractivity contribution in [2.75, 3.05) is 43.9 Å². The molecule has 2 aromatic rings. The maximum atomic E-state index is 5.54. The van der Waals surface area contributed by atoms with Crippen LogP contribution in [-0.2, 0) is 17.6 Å². The summed E-state index contributed by atoms with van der Waals surface area (Å²) in [6.07, 6.45) is 7.14. The summed E-state index contributed by atoms with van der Waals surface area (Å²) in [6, 6.07) is 15.4. The van der Waals surface area contributed by atoms with E-state index >= 15 is 0 Å². The second-order valence-corrected chi connectivity index (χ2v) is 8.84. The molecule has 0 saturated carbocycles. The van der Waals surface area contributed by atoms with Crippen molar-refractivity contribution in [1.82, 2.24) is 9.88 Å². The number of aryl methyl sites for hydroxylation is 2. The van der Waals surface area contributed by atoms with Gasteiger partial charge in [-0.3, -0.25) is 0 Å². The van der Waals surface area contributed by atoms with Crippen LogP contribution in [-0.4, -0.2) is 55.3 Å². The molecule has 1 aliphatic heterocycles. The van der Waals surface area contributed by atoms with Gasteiger partial charge < -0.3 is 20.3 Å². The van der Waals surface area contributed by atoms with Gasteiger partial charge in [0.05, 0.1) is 6.10 Å². The number of pyridine rings is 1.